The molecule has 3 rings (SSSR count). The minimum atomic E-state index is -0.00614. The molecule has 0 spiro atoms. The first kappa shape index (κ1) is 25.2. The van der Waals surface area contributed by atoms with E-state index in [2.05, 4.69) is 15.6 Å². The number of ether oxygens (including phenoxy) is 1. The molecule has 0 unspecified atom stereocenters. The van der Waals surface area contributed by atoms with Crippen LogP contribution in [0, 0.1) is 0 Å². The lowest BCUT2D eigenvalue weighted by atomic mass is 10.1. The highest BCUT2D eigenvalue weighted by atomic mass is 127. The number of para-hydroxylation sites is 2. The van der Waals surface area contributed by atoms with Crippen LogP contribution in [0.4, 0.5) is 0 Å². The Kier molecular flexibility index (Phi) is 10.0. The van der Waals surface area contributed by atoms with Gasteiger partial charge in [-0.2, -0.15) is 0 Å². The van der Waals surface area contributed by atoms with Gasteiger partial charge in [0.1, 0.15) is 11.5 Å². The molecule has 0 aliphatic carbocycles. The van der Waals surface area contributed by atoms with Gasteiger partial charge in [-0.05, 0) is 35.9 Å². The number of benzene rings is 3. The number of guanidine groups is 1. The van der Waals surface area contributed by atoms with Crippen LogP contribution in [0.3, 0.4) is 0 Å². The molecule has 0 aliphatic heterocycles. The first-order chi connectivity index (χ1) is 15.1. The molecular weight excluding hydrogens is 515 g/mol. The average molecular weight is 544 g/mol. The van der Waals surface area contributed by atoms with Gasteiger partial charge in [0.15, 0.2) is 5.96 Å². The Morgan fingerprint density at radius 1 is 0.875 bits per heavy atom. The highest BCUT2D eigenvalue weighted by molar-refractivity contribution is 14.0. The molecule has 0 atom stereocenters. The molecule has 6 nitrogen and oxygen atoms in total. The van der Waals surface area contributed by atoms with Gasteiger partial charge in [0.05, 0.1) is 0 Å². The number of carbonyl (C=O) groups excluding carboxylic acids is 1. The maximum Gasteiger partial charge on any atom is 0.253 e. The van der Waals surface area contributed by atoms with E-state index in [1.54, 1.807) is 26.0 Å². The van der Waals surface area contributed by atoms with Crippen molar-refractivity contribution in [1.29, 1.82) is 0 Å². The predicted molar refractivity (Wildman–Crippen MR) is 140 cm³/mol. The Bertz CT molecular complexity index is 1020. The van der Waals surface area contributed by atoms with Gasteiger partial charge in [0.25, 0.3) is 5.91 Å². The number of amides is 1. The van der Waals surface area contributed by atoms with Gasteiger partial charge in [0.2, 0.25) is 0 Å². The Morgan fingerprint density at radius 2 is 1.50 bits per heavy atom. The SMILES string of the molecule is CN=C(NCc1ccc(C(=O)N(C)C)cc1)NCc1ccccc1Oc1ccccc1.I. The number of aliphatic imine (C=N–C) groups is 1. The standard InChI is InChI=1S/C25H28N4O2.HI/c1-26-25(27-17-19-13-15-20(16-14-19)24(30)29(2)3)28-18-21-9-7-8-12-23(21)31-22-10-5-4-6-11-22;/h4-16H,17-18H2,1-3H3,(H2,26,27,28);1H. The van der Waals surface area contributed by atoms with E-state index >= 15 is 0 Å². The summed E-state index contributed by atoms with van der Waals surface area (Å²) in [5, 5.41) is 6.62. The number of hydrogen-bond donors (Lipinski definition) is 2. The normalized spacial score (nSPS) is 10.7. The number of rotatable bonds is 7. The summed E-state index contributed by atoms with van der Waals surface area (Å²) >= 11 is 0. The van der Waals surface area contributed by atoms with E-state index in [9.17, 15) is 4.79 Å². The number of carbonyl (C=O) groups is 1. The van der Waals surface area contributed by atoms with Gasteiger partial charge in [-0.1, -0.05) is 48.5 Å². The van der Waals surface area contributed by atoms with Crippen molar-refractivity contribution in [2.24, 2.45) is 4.99 Å². The van der Waals surface area contributed by atoms with Crippen LogP contribution in [0.15, 0.2) is 83.9 Å². The van der Waals surface area contributed by atoms with Gasteiger partial charge in [-0.15, -0.1) is 24.0 Å². The third kappa shape index (κ3) is 7.26. The van der Waals surface area contributed by atoms with Crippen molar-refractivity contribution in [3.8, 4) is 11.5 Å². The lowest BCUT2D eigenvalue weighted by molar-refractivity contribution is 0.0827. The summed E-state index contributed by atoms with van der Waals surface area (Å²) in [6, 6.07) is 25.2. The Balaban J connectivity index is 0.00000363. The van der Waals surface area contributed by atoms with Crippen molar-refractivity contribution in [3.63, 3.8) is 0 Å². The number of halogens is 1. The number of nitrogens with one attached hydrogen (secondary N) is 2. The highest BCUT2D eigenvalue weighted by Crippen LogP contribution is 2.24. The van der Waals surface area contributed by atoms with Crippen molar-refractivity contribution in [1.82, 2.24) is 15.5 Å². The predicted octanol–water partition coefficient (Wildman–Crippen LogP) is 4.66. The van der Waals surface area contributed by atoms with Crippen molar-refractivity contribution in [2.45, 2.75) is 13.1 Å². The van der Waals surface area contributed by atoms with Crippen molar-refractivity contribution in [3.05, 3.63) is 95.6 Å². The van der Waals surface area contributed by atoms with Gasteiger partial charge in [-0.25, -0.2) is 0 Å². The zero-order chi connectivity index (χ0) is 22.1. The van der Waals surface area contributed by atoms with E-state index in [1.165, 1.54) is 0 Å². The molecule has 0 fully saturated rings. The molecule has 2 N–H and O–H groups in total. The fourth-order valence-electron chi connectivity index (χ4n) is 2.97. The van der Waals surface area contributed by atoms with Crippen LogP contribution in [0.2, 0.25) is 0 Å². The van der Waals surface area contributed by atoms with Crippen LogP contribution >= 0.6 is 24.0 Å². The van der Waals surface area contributed by atoms with E-state index in [4.69, 9.17) is 4.74 Å². The van der Waals surface area contributed by atoms with Crippen molar-refractivity contribution >= 4 is 35.8 Å². The van der Waals surface area contributed by atoms with Crippen LogP contribution in [0.5, 0.6) is 11.5 Å². The van der Waals surface area contributed by atoms with E-state index in [0.717, 1.165) is 22.6 Å². The third-order valence-electron chi connectivity index (χ3n) is 4.68. The maximum atomic E-state index is 12.0. The number of nitrogens with zero attached hydrogens (tertiary/aromatic N) is 2. The summed E-state index contributed by atoms with van der Waals surface area (Å²) in [6.07, 6.45) is 0. The lowest BCUT2D eigenvalue weighted by Crippen LogP contribution is -2.36. The van der Waals surface area contributed by atoms with Gasteiger partial charge in [0, 0.05) is 45.4 Å². The summed E-state index contributed by atoms with van der Waals surface area (Å²) in [5.41, 5.74) is 2.76. The lowest BCUT2D eigenvalue weighted by Gasteiger charge is -2.15. The van der Waals surface area contributed by atoms with Gasteiger partial charge >= 0.3 is 0 Å². The summed E-state index contributed by atoms with van der Waals surface area (Å²) in [4.78, 5) is 17.9. The topological polar surface area (TPSA) is 66.0 Å². The molecule has 0 saturated carbocycles. The quantitative estimate of drug-likeness (QED) is 0.258. The van der Waals surface area contributed by atoms with Crippen LogP contribution in [-0.2, 0) is 13.1 Å². The summed E-state index contributed by atoms with van der Waals surface area (Å²) in [6.45, 7) is 1.16. The number of hydrogen-bond acceptors (Lipinski definition) is 3. The first-order valence-electron chi connectivity index (χ1n) is 10.1. The van der Waals surface area contributed by atoms with E-state index in [1.807, 2.05) is 78.9 Å². The second-order valence-corrected chi connectivity index (χ2v) is 7.20. The smallest absolute Gasteiger partial charge is 0.253 e. The van der Waals surface area contributed by atoms with Crippen LogP contribution < -0.4 is 15.4 Å². The highest BCUT2D eigenvalue weighted by Gasteiger charge is 2.08. The van der Waals surface area contributed by atoms with Crippen molar-refractivity contribution in [2.75, 3.05) is 21.1 Å². The molecule has 3 aromatic carbocycles. The first-order valence-corrected chi connectivity index (χ1v) is 10.1. The average Bonchev–Trinajstić information content (AvgIpc) is 2.80. The minimum absolute atomic E-state index is 0. The fourth-order valence-corrected chi connectivity index (χ4v) is 2.97. The zero-order valence-electron chi connectivity index (χ0n) is 18.5. The molecule has 0 aromatic heterocycles. The van der Waals surface area contributed by atoms with Gasteiger partial charge < -0.3 is 20.3 Å². The molecular formula is C25H29IN4O2. The van der Waals surface area contributed by atoms with Crippen LogP contribution in [0.25, 0.3) is 0 Å². The second-order valence-electron chi connectivity index (χ2n) is 7.20. The van der Waals surface area contributed by atoms with E-state index < -0.39 is 0 Å². The molecule has 3 aromatic rings. The fraction of sp³-hybridized carbons (Fsp3) is 0.200. The zero-order valence-corrected chi connectivity index (χ0v) is 20.9. The second kappa shape index (κ2) is 12.7. The molecule has 1 amide bonds. The molecule has 168 valence electrons. The molecule has 0 aliphatic rings. The molecule has 0 heterocycles. The maximum absolute atomic E-state index is 12.0. The summed E-state index contributed by atoms with van der Waals surface area (Å²) in [5.74, 6) is 2.28. The minimum Gasteiger partial charge on any atom is -0.457 e. The van der Waals surface area contributed by atoms with Crippen LogP contribution in [0.1, 0.15) is 21.5 Å². The Morgan fingerprint density at radius 3 is 2.16 bits per heavy atom. The van der Waals surface area contributed by atoms with Crippen molar-refractivity contribution < 1.29 is 9.53 Å². The largest absolute Gasteiger partial charge is 0.457 e. The molecule has 0 saturated heterocycles. The molecule has 0 bridgehead atoms. The summed E-state index contributed by atoms with van der Waals surface area (Å²) in [7, 11) is 5.23. The monoisotopic (exact) mass is 544 g/mol. The summed E-state index contributed by atoms with van der Waals surface area (Å²) < 4.78 is 6.02. The molecule has 0 radical (unpaired) electrons. The molecule has 32 heavy (non-hydrogen) atoms. The molecule has 7 heteroatoms. The van der Waals surface area contributed by atoms with Gasteiger partial charge in [-0.3, -0.25) is 9.79 Å². The van der Waals surface area contributed by atoms with E-state index in [-0.39, 0.29) is 29.9 Å². The van der Waals surface area contributed by atoms with E-state index in [0.29, 0.717) is 24.6 Å². The third-order valence-corrected chi connectivity index (χ3v) is 4.68. The Hall–Kier alpha value is -3.07. The van der Waals surface area contributed by atoms with Crippen LogP contribution in [-0.4, -0.2) is 37.9 Å². The Labute approximate surface area is 206 Å².